The van der Waals surface area contributed by atoms with Gasteiger partial charge in [-0.1, -0.05) is 19.1 Å². The predicted molar refractivity (Wildman–Crippen MR) is 62.2 cm³/mol. The van der Waals surface area contributed by atoms with E-state index >= 15 is 0 Å². The van der Waals surface area contributed by atoms with Crippen molar-refractivity contribution in [1.29, 1.82) is 0 Å². The Bertz CT molecular complexity index is 318. The van der Waals surface area contributed by atoms with Gasteiger partial charge in [0, 0.05) is 5.56 Å². The van der Waals surface area contributed by atoms with E-state index in [1.165, 1.54) is 0 Å². The molecule has 0 aliphatic heterocycles. The number of aryl methyl sites for hydroxylation is 1. The van der Waals surface area contributed by atoms with Crippen LogP contribution < -0.4 is 4.74 Å². The third-order valence-corrected chi connectivity index (χ3v) is 2.52. The monoisotopic (exact) mass is 208 g/mol. The van der Waals surface area contributed by atoms with Crippen molar-refractivity contribution in [2.75, 3.05) is 0 Å². The molecule has 0 saturated heterocycles. The summed E-state index contributed by atoms with van der Waals surface area (Å²) in [5.74, 6) is 0.805. The molecule has 2 atom stereocenters. The predicted octanol–water partition coefficient (Wildman–Crippen LogP) is 3.23. The first-order chi connectivity index (χ1) is 7.04. The minimum absolute atomic E-state index is 0.185. The molecule has 1 aromatic carbocycles. The topological polar surface area (TPSA) is 29.5 Å². The molecule has 1 N–H and O–H groups in total. The Balaban J connectivity index is 2.96. The van der Waals surface area contributed by atoms with Crippen LogP contribution in [0, 0.1) is 6.92 Å². The highest BCUT2D eigenvalue weighted by Crippen LogP contribution is 2.27. The summed E-state index contributed by atoms with van der Waals surface area (Å²) in [5, 5.41) is 9.60. The molecule has 0 radical (unpaired) electrons. The molecule has 1 rings (SSSR count). The van der Waals surface area contributed by atoms with Crippen LogP contribution in [-0.4, -0.2) is 11.2 Å². The van der Waals surface area contributed by atoms with Crippen molar-refractivity contribution in [3.05, 3.63) is 29.3 Å². The van der Waals surface area contributed by atoms with E-state index in [4.69, 9.17) is 4.74 Å². The number of hydrogen-bond donors (Lipinski definition) is 1. The molecule has 0 heterocycles. The lowest BCUT2D eigenvalue weighted by Gasteiger charge is -2.18. The van der Waals surface area contributed by atoms with E-state index in [0.717, 1.165) is 23.3 Å². The number of ether oxygens (including phenoxy) is 1. The molecule has 0 saturated carbocycles. The summed E-state index contributed by atoms with van der Waals surface area (Å²) in [6.07, 6.45) is 0.668. The maximum Gasteiger partial charge on any atom is 0.125 e. The van der Waals surface area contributed by atoms with Gasteiger partial charge in [-0.15, -0.1) is 0 Å². The minimum atomic E-state index is -0.482. The fraction of sp³-hybridized carbons (Fsp3) is 0.538. The van der Waals surface area contributed by atoms with Crippen LogP contribution in [0.4, 0.5) is 0 Å². The number of hydrogen-bond acceptors (Lipinski definition) is 2. The second-order valence-electron chi connectivity index (χ2n) is 4.05. The molecule has 2 heteroatoms. The van der Waals surface area contributed by atoms with Gasteiger partial charge in [-0.2, -0.15) is 0 Å². The van der Waals surface area contributed by atoms with Crippen LogP contribution in [0.15, 0.2) is 18.2 Å². The van der Waals surface area contributed by atoms with Gasteiger partial charge in [0.2, 0.25) is 0 Å². The van der Waals surface area contributed by atoms with E-state index in [2.05, 4.69) is 6.92 Å². The van der Waals surface area contributed by atoms with Gasteiger partial charge in [0.05, 0.1) is 12.2 Å². The molecule has 2 nitrogen and oxygen atoms in total. The van der Waals surface area contributed by atoms with Gasteiger partial charge in [-0.3, -0.25) is 0 Å². The van der Waals surface area contributed by atoms with Gasteiger partial charge in [-0.05, 0) is 38.8 Å². The van der Waals surface area contributed by atoms with Gasteiger partial charge in [0.1, 0.15) is 5.75 Å². The quantitative estimate of drug-likeness (QED) is 0.823. The van der Waals surface area contributed by atoms with Crippen molar-refractivity contribution < 1.29 is 9.84 Å². The maximum absolute atomic E-state index is 9.60. The largest absolute Gasteiger partial charge is 0.490 e. The molecule has 15 heavy (non-hydrogen) atoms. The Kier molecular flexibility index (Phi) is 4.15. The zero-order chi connectivity index (χ0) is 11.4. The lowest BCUT2D eigenvalue weighted by atomic mass is 10.1. The third kappa shape index (κ3) is 3.24. The average Bonchev–Trinajstić information content (AvgIpc) is 2.17. The number of aliphatic hydroxyl groups is 1. The van der Waals surface area contributed by atoms with Crippen molar-refractivity contribution in [3.63, 3.8) is 0 Å². The van der Waals surface area contributed by atoms with Crippen molar-refractivity contribution in [2.45, 2.75) is 46.3 Å². The van der Waals surface area contributed by atoms with Crippen LogP contribution in [0.1, 0.15) is 44.4 Å². The summed E-state index contributed by atoms with van der Waals surface area (Å²) in [6.45, 7) is 7.90. The number of benzene rings is 1. The Morgan fingerprint density at radius 1 is 1.33 bits per heavy atom. The highest BCUT2D eigenvalue weighted by Gasteiger charge is 2.11. The van der Waals surface area contributed by atoms with Crippen molar-refractivity contribution in [2.24, 2.45) is 0 Å². The fourth-order valence-electron chi connectivity index (χ4n) is 1.39. The summed E-state index contributed by atoms with van der Waals surface area (Å²) in [6, 6.07) is 5.90. The fourth-order valence-corrected chi connectivity index (χ4v) is 1.39. The second kappa shape index (κ2) is 5.17. The van der Waals surface area contributed by atoms with Crippen molar-refractivity contribution in [1.82, 2.24) is 0 Å². The lowest BCUT2D eigenvalue weighted by Crippen LogP contribution is -2.12. The lowest BCUT2D eigenvalue weighted by molar-refractivity contribution is 0.176. The van der Waals surface area contributed by atoms with Crippen LogP contribution in [0.3, 0.4) is 0 Å². The molecule has 84 valence electrons. The smallest absolute Gasteiger partial charge is 0.125 e. The Morgan fingerprint density at radius 3 is 2.53 bits per heavy atom. The van der Waals surface area contributed by atoms with Crippen LogP contribution in [0.2, 0.25) is 0 Å². The van der Waals surface area contributed by atoms with Gasteiger partial charge < -0.3 is 9.84 Å². The third-order valence-electron chi connectivity index (χ3n) is 2.52. The van der Waals surface area contributed by atoms with E-state index < -0.39 is 6.10 Å². The van der Waals surface area contributed by atoms with Crippen LogP contribution in [0.5, 0.6) is 5.75 Å². The van der Waals surface area contributed by atoms with E-state index in [-0.39, 0.29) is 6.10 Å². The van der Waals surface area contributed by atoms with Gasteiger partial charge >= 0.3 is 0 Å². The van der Waals surface area contributed by atoms with Crippen LogP contribution in [0.25, 0.3) is 0 Å². The molecule has 0 spiro atoms. The van der Waals surface area contributed by atoms with Gasteiger partial charge in [0.25, 0.3) is 0 Å². The van der Waals surface area contributed by atoms with E-state index in [1.54, 1.807) is 6.92 Å². The highest BCUT2D eigenvalue weighted by atomic mass is 16.5. The molecule has 0 aliphatic rings. The second-order valence-corrected chi connectivity index (χ2v) is 4.05. The Morgan fingerprint density at radius 2 is 2.00 bits per heavy atom. The standard InChI is InChI=1S/C13H20O2/c1-5-10(3)15-13-8-9(2)6-7-12(13)11(4)14/h6-8,10-11,14H,5H2,1-4H3. The molecular weight excluding hydrogens is 188 g/mol. The van der Waals surface area contributed by atoms with Crippen LogP contribution in [-0.2, 0) is 0 Å². The Labute approximate surface area is 91.9 Å². The first-order valence-corrected chi connectivity index (χ1v) is 5.49. The number of aliphatic hydroxyl groups excluding tert-OH is 1. The highest BCUT2D eigenvalue weighted by molar-refractivity contribution is 5.38. The molecule has 0 bridgehead atoms. The molecule has 0 amide bonds. The van der Waals surface area contributed by atoms with Crippen molar-refractivity contribution in [3.8, 4) is 5.75 Å². The SMILES string of the molecule is CCC(C)Oc1cc(C)ccc1C(C)O. The molecule has 0 aliphatic carbocycles. The minimum Gasteiger partial charge on any atom is -0.490 e. The first kappa shape index (κ1) is 12.1. The van der Waals surface area contributed by atoms with E-state index in [9.17, 15) is 5.11 Å². The molecular formula is C13H20O2. The average molecular weight is 208 g/mol. The summed E-state index contributed by atoms with van der Waals surface area (Å²) in [7, 11) is 0. The van der Waals surface area contributed by atoms with Gasteiger partial charge in [0.15, 0.2) is 0 Å². The zero-order valence-electron chi connectivity index (χ0n) is 9.95. The van der Waals surface area contributed by atoms with E-state index in [1.807, 2.05) is 32.0 Å². The van der Waals surface area contributed by atoms with Gasteiger partial charge in [-0.25, -0.2) is 0 Å². The summed E-state index contributed by atoms with van der Waals surface area (Å²) < 4.78 is 5.78. The van der Waals surface area contributed by atoms with Crippen molar-refractivity contribution >= 4 is 0 Å². The van der Waals surface area contributed by atoms with Crippen LogP contribution >= 0.6 is 0 Å². The number of rotatable bonds is 4. The van der Waals surface area contributed by atoms with E-state index in [0.29, 0.717) is 0 Å². The Hall–Kier alpha value is -1.02. The molecule has 0 fully saturated rings. The maximum atomic E-state index is 9.60. The molecule has 2 unspecified atom stereocenters. The summed E-state index contributed by atoms with van der Waals surface area (Å²) >= 11 is 0. The summed E-state index contributed by atoms with van der Waals surface area (Å²) in [5.41, 5.74) is 2.01. The molecule has 0 aromatic heterocycles. The normalized spacial score (nSPS) is 14.7. The first-order valence-electron chi connectivity index (χ1n) is 5.49. The summed E-state index contributed by atoms with van der Waals surface area (Å²) in [4.78, 5) is 0. The zero-order valence-corrected chi connectivity index (χ0v) is 9.95. The molecule has 1 aromatic rings.